The first kappa shape index (κ1) is 15.2. The molecule has 2 aromatic rings. The van der Waals surface area contributed by atoms with Gasteiger partial charge in [-0.3, -0.25) is 9.59 Å². The lowest BCUT2D eigenvalue weighted by molar-refractivity contribution is 0.102. The van der Waals surface area contributed by atoms with Gasteiger partial charge >= 0.3 is 0 Å². The summed E-state index contributed by atoms with van der Waals surface area (Å²) < 4.78 is 0. The maximum absolute atomic E-state index is 12.0. The van der Waals surface area contributed by atoms with Gasteiger partial charge in [0.15, 0.2) is 0 Å². The fraction of sp³-hybridized carbons (Fsp3) is 0.333. The predicted octanol–water partition coefficient (Wildman–Crippen LogP) is 0.169. The van der Waals surface area contributed by atoms with Crippen molar-refractivity contribution in [2.75, 3.05) is 43.4 Å². The minimum atomic E-state index is -0.393. The molecule has 1 aliphatic heterocycles. The van der Waals surface area contributed by atoms with Gasteiger partial charge in [0, 0.05) is 32.2 Å². The quantitative estimate of drug-likeness (QED) is 0.839. The third kappa shape index (κ3) is 3.72. The topological polar surface area (TPSA) is 94.2 Å². The SMILES string of the molecule is CN1CCN(c2ccc(NC(=O)c3ccc(=O)[nH]n3)cn2)CC1. The normalized spacial score (nSPS) is 15.4. The average molecular weight is 314 g/mol. The molecule has 8 nitrogen and oxygen atoms in total. The van der Waals surface area contributed by atoms with E-state index in [0.717, 1.165) is 32.0 Å². The number of nitrogens with one attached hydrogen (secondary N) is 2. The molecule has 8 heteroatoms. The summed E-state index contributed by atoms with van der Waals surface area (Å²) in [5, 5.41) is 8.62. The van der Waals surface area contributed by atoms with E-state index < -0.39 is 5.91 Å². The molecule has 1 aliphatic rings. The summed E-state index contributed by atoms with van der Waals surface area (Å²) in [4.78, 5) is 31.9. The number of anilines is 2. The van der Waals surface area contributed by atoms with Crippen molar-refractivity contribution < 1.29 is 4.79 Å². The Morgan fingerprint density at radius 3 is 2.57 bits per heavy atom. The number of pyridine rings is 1. The van der Waals surface area contributed by atoms with Gasteiger partial charge in [0.25, 0.3) is 11.5 Å². The molecule has 0 unspecified atom stereocenters. The summed E-state index contributed by atoms with van der Waals surface area (Å²) >= 11 is 0. The van der Waals surface area contributed by atoms with Crippen LogP contribution in [0.15, 0.2) is 35.3 Å². The minimum absolute atomic E-state index is 0.146. The van der Waals surface area contributed by atoms with Crippen LogP contribution in [0.3, 0.4) is 0 Å². The first-order chi connectivity index (χ1) is 11.1. The minimum Gasteiger partial charge on any atom is -0.354 e. The Labute approximate surface area is 133 Å². The monoisotopic (exact) mass is 314 g/mol. The van der Waals surface area contributed by atoms with E-state index in [-0.39, 0.29) is 11.3 Å². The van der Waals surface area contributed by atoms with Crippen LogP contribution in [-0.4, -0.2) is 59.2 Å². The Morgan fingerprint density at radius 2 is 1.96 bits per heavy atom. The first-order valence-electron chi connectivity index (χ1n) is 7.38. The summed E-state index contributed by atoms with van der Waals surface area (Å²) in [5.41, 5.74) is 0.383. The van der Waals surface area contributed by atoms with Gasteiger partial charge in [0.1, 0.15) is 11.5 Å². The number of carbonyl (C=O) groups is 1. The molecule has 3 rings (SSSR count). The van der Waals surface area contributed by atoms with E-state index >= 15 is 0 Å². The van der Waals surface area contributed by atoms with E-state index in [0.29, 0.717) is 5.69 Å². The molecule has 1 fully saturated rings. The molecule has 0 bridgehead atoms. The number of piperazine rings is 1. The number of aromatic nitrogens is 3. The van der Waals surface area contributed by atoms with Gasteiger partial charge in [-0.25, -0.2) is 10.1 Å². The maximum atomic E-state index is 12.0. The van der Waals surface area contributed by atoms with Crippen molar-refractivity contribution >= 4 is 17.4 Å². The Morgan fingerprint density at radius 1 is 1.17 bits per heavy atom. The van der Waals surface area contributed by atoms with E-state index in [1.807, 2.05) is 12.1 Å². The molecule has 0 aromatic carbocycles. The molecule has 1 saturated heterocycles. The zero-order chi connectivity index (χ0) is 16.2. The number of carbonyl (C=O) groups excluding carboxylic acids is 1. The van der Waals surface area contributed by atoms with Crippen molar-refractivity contribution in [2.45, 2.75) is 0 Å². The van der Waals surface area contributed by atoms with Crippen LogP contribution in [0.1, 0.15) is 10.5 Å². The molecule has 0 radical (unpaired) electrons. The molecule has 120 valence electrons. The molecule has 0 atom stereocenters. The fourth-order valence-corrected chi connectivity index (χ4v) is 2.35. The van der Waals surface area contributed by atoms with E-state index in [1.54, 1.807) is 6.20 Å². The van der Waals surface area contributed by atoms with Crippen LogP contribution in [0.25, 0.3) is 0 Å². The maximum Gasteiger partial charge on any atom is 0.276 e. The van der Waals surface area contributed by atoms with E-state index in [1.165, 1.54) is 12.1 Å². The molecule has 0 saturated carbocycles. The third-order valence-corrected chi connectivity index (χ3v) is 3.74. The van der Waals surface area contributed by atoms with E-state index in [9.17, 15) is 9.59 Å². The molecule has 0 aliphatic carbocycles. The number of nitrogens with zero attached hydrogens (tertiary/aromatic N) is 4. The highest BCUT2D eigenvalue weighted by molar-refractivity contribution is 6.02. The van der Waals surface area contributed by atoms with Crippen molar-refractivity contribution in [2.24, 2.45) is 0 Å². The van der Waals surface area contributed by atoms with Gasteiger partial charge < -0.3 is 15.1 Å². The molecule has 3 heterocycles. The van der Waals surface area contributed by atoms with Crippen molar-refractivity contribution in [1.82, 2.24) is 20.1 Å². The second-order valence-electron chi connectivity index (χ2n) is 5.46. The molecule has 2 aromatic heterocycles. The zero-order valence-corrected chi connectivity index (χ0v) is 12.8. The van der Waals surface area contributed by atoms with Crippen LogP contribution in [0.5, 0.6) is 0 Å². The van der Waals surface area contributed by atoms with Crippen molar-refractivity contribution in [3.8, 4) is 0 Å². The summed E-state index contributed by atoms with van der Waals surface area (Å²) in [6.07, 6.45) is 1.62. The van der Waals surface area contributed by atoms with Crippen molar-refractivity contribution in [1.29, 1.82) is 0 Å². The van der Waals surface area contributed by atoms with Gasteiger partial charge in [-0.1, -0.05) is 0 Å². The first-order valence-corrected chi connectivity index (χ1v) is 7.38. The highest BCUT2D eigenvalue weighted by Crippen LogP contribution is 2.16. The van der Waals surface area contributed by atoms with E-state index in [2.05, 4.69) is 37.3 Å². The standard InChI is InChI=1S/C15H18N6O2/c1-20-6-8-21(9-7-20)13-4-2-11(10-16-13)17-15(23)12-3-5-14(22)19-18-12/h2-5,10H,6-9H2,1H3,(H,17,23)(H,19,22). The molecule has 2 N–H and O–H groups in total. The Hall–Kier alpha value is -2.74. The van der Waals surface area contributed by atoms with Crippen LogP contribution >= 0.6 is 0 Å². The Kier molecular flexibility index (Phi) is 4.33. The molecular formula is C15H18N6O2. The molecule has 23 heavy (non-hydrogen) atoms. The fourth-order valence-electron chi connectivity index (χ4n) is 2.35. The van der Waals surface area contributed by atoms with Crippen LogP contribution < -0.4 is 15.8 Å². The average Bonchev–Trinajstić information content (AvgIpc) is 2.57. The third-order valence-electron chi connectivity index (χ3n) is 3.74. The van der Waals surface area contributed by atoms with Gasteiger partial charge in [0.2, 0.25) is 0 Å². The van der Waals surface area contributed by atoms with E-state index in [4.69, 9.17) is 0 Å². The number of aromatic amines is 1. The molecular weight excluding hydrogens is 296 g/mol. The Balaban J connectivity index is 1.64. The van der Waals surface area contributed by atoms with Gasteiger partial charge in [-0.2, -0.15) is 5.10 Å². The second kappa shape index (κ2) is 6.57. The number of likely N-dealkylation sites (N-methyl/N-ethyl adjacent to an activating group) is 1. The van der Waals surface area contributed by atoms with Crippen molar-refractivity contribution in [3.05, 3.63) is 46.5 Å². The van der Waals surface area contributed by atoms with Crippen LogP contribution in [0.2, 0.25) is 0 Å². The second-order valence-corrected chi connectivity index (χ2v) is 5.46. The van der Waals surface area contributed by atoms with Gasteiger partial charge in [-0.15, -0.1) is 0 Å². The number of H-pyrrole nitrogens is 1. The Bertz CT molecular complexity index is 714. The molecule has 1 amide bonds. The van der Waals surface area contributed by atoms with Gasteiger partial charge in [0.05, 0.1) is 11.9 Å². The van der Waals surface area contributed by atoms with Crippen molar-refractivity contribution in [3.63, 3.8) is 0 Å². The summed E-state index contributed by atoms with van der Waals surface area (Å²) in [6.45, 7) is 3.91. The summed E-state index contributed by atoms with van der Waals surface area (Å²) in [5.74, 6) is 0.508. The largest absolute Gasteiger partial charge is 0.354 e. The summed E-state index contributed by atoms with van der Waals surface area (Å²) in [7, 11) is 2.11. The number of hydrogen-bond donors (Lipinski definition) is 2. The van der Waals surface area contributed by atoms with Crippen LogP contribution in [-0.2, 0) is 0 Å². The lowest BCUT2D eigenvalue weighted by Crippen LogP contribution is -2.44. The lowest BCUT2D eigenvalue weighted by atomic mass is 10.3. The number of amides is 1. The summed E-state index contributed by atoms with van der Waals surface area (Å²) in [6, 6.07) is 6.34. The predicted molar refractivity (Wildman–Crippen MR) is 86.8 cm³/mol. The smallest absolute Gasteiger partial charge is 0.276 e. The lowest BCUT2D eigenvalue weighted by Gasteiger charge is -2.33. The highest BCUT2D eigenvalue weighted by atomic mass is 16.2. The number of rotatable bonds is 3. The molecule has 0 spiro atoms. The highest BCUT2D eigenvalue weighted by Gasteiger charge is 2.15. The number of hydrogen-bond acceptors (Lipinski definition) is 6. The van der Waals surface area contributed by atoms with Gasteiger partial charge in [-0.05, 0) is 25.2 Å². The zero-order valence-electron chi connectivity index (χ0n) is 12.8. The van der Waals surface area contributed by atoms with Crippen LogP contribution in [0.4, 0.5) is 11.5 Å². The van der Waals surface area contributed by atoms with Crippen LogP contribution in [0, 0.1) is 0 Å².